The number of aromatic nitrogens is 3. The van der Waals surface area contributed by atoms with Gasteiger partial charge in [-0.3, -0.25) is 0 Å². The molecule has 22 heavy (non-hydrogen) atoms. The molecule has 1 aromatic carbocycles. The number of hydrogen-bond donors (Lipinski definition) is 2. The molecule has 0 bridgehead atoms. The summed E-state index contributed by atoms with van der Waals surface area (Å²) in [5.74, 6) is 0.700. The maximum Gasteiger partial charge on any atom is 0.338 e. The van der Waals surface area contributed by atoms with Crippen LogP contribution >= 0.6 is 0 Å². The van der Waals surface area contributed by atoms with E-state index in [4.69, 9.17) is 4.74 Å². The third-order valence-electron chi connectivity index (χ3n) is 2.65. The molecular weight excluding hydrogens is 282 g/mol. The molecular formula is C15H19N5O2. The van der Waals surface area contributed by atoms with Crippen LogP contribution in [0.4, 0.5) is 17.5 Å². The lowest BCUT2D eigenvalue weighted by molar-refractivity contribution is 0.0526. The van der Waals surface area contributed by atoms with Gasteiger partial charge in [-0.2, -0.15) is 10.1 Å². The highest BCUT2D eigenvalue weighted by Crippen LogP contribution is 2.16. The summed E-state index contributed by atoms with van der Waals surface area (Å²) >= 11 is 0. The molecule has 116 valence electrons. The molecule has 0 aliphatic heterocycles. The van der Waals surface area contributed by atoms with E-state index in [1.807, 2.05) is 13.8 Å². The summed E-state index contributed by atoms with van der Waals surface area (Å²) < 4.78 is 4.94. The van der Waals surface area contributed by atoms with Gasteiger partial charge in [0.05, 0.1) is 18.4 Å². The highest BCUT2D eigenvalue weighted by atomic mass is 16.5. The van der Waals surface area contributed by atoms with Crippen LogP contribution in [0.25, 0.3) is 0 Å². The largest absolute Gasteiger partial charge is 0.462 e. The fourth-order valence-corrected chi connectivity index (χ4v) is 1.74. The van der Waals surface area contributed by atoms with E-state index in [1.165, 1.54) is 6.20 Å². The minimum atomic E-state index is -0.332. The molecule has 7 heteroatoms. The molecule has 2 N–H and O–H groups in total. The first-order chi connectivity index (χ1) is 10.6. The zero-order valence-corrected chi connectivity index (χ0v) is 12.8. The van der Waals surface area contributed by atoms with Gasteiger partial charge in [-0.05, 0) is 45.0 Å². The monoisotopic (exact) mass is 301 g/mol. The second-order valence-electron chi connectivity index (χ2n) is 4.89. The van der Waals surface area contributed by atoms with E-state index in [1.54, 1.807) is 31.2 Å². The van der Waals surface area contributed by atoms with E-state index in [2.05, 4.69) is 25.8 Å². The molecule has 0 spiro atoms. The van der Waals surface area contributed by atoms with Gasteiger partial charge in [0.25, 0.3) is 0 Å². The van der Waals surface area contributed by atoms with Crippen molar-refractivity contribution in [3.8, 4) is 0 Å². The van der Waals surface area contributed by atoms with Gasteiger partial charge in [-0.15, -0.1) is 5.10 Å². The third kappa shape index (κ3) is 4.41. The molecule has 0 unspecified atom stereocenters. The Morgan fingerprint density at radius 2 is 2.00 bits per heavy atom. The third-order valence-corrected chi connectivity index (χ3v) is 2.65. The normalized spacial score (nSPS) is 10.4. The summed E-state index contributed by atoms with van der Waals surface area (Å²) in [6.07, 6.45) is 1.53. The number of hydrogen-bond acceptors (Lipinski definition) is 7. The van der Waals surface area contributed by atoms with Gasteiger partial charge in [0.15, 0.2) is 5.82 Å². The smallest absolute Gasteiger partial charge is 0.338 e. The first-order valence-electron chi connectivity index (χ1n) is 7.09. The highest BCUT2D eigenvalue weighted by Gasteiger charge is 2.06. The number of anilines is 3. The fraction of sp³-hybridized carbons (Fsp3) is 0.333. The van der Waals surface area contributed by atoms with Crippen LogP contribution in [0.15, 0.2) is 30.5 Å². The molecule has 0 atom stereocenters. The van der Waals surface area contributed by atoms with Crippen LogP contribution in [0.5, 0.6) is 0 Å². The van der Waals surface area contributed by atoms with Crippen molar-refractivity contribution in [1.29, 1.82) is 0 Å². The van der Waals surface area contributed by atoms with Crippen LogP contribution in [0, 0.1) is 0 Å². The molecule has 7 nitrogen and oxygen atoms in total. The quantitative estimate of drug-likeness (QED) is 0.793. The van der Waals surface area contributed by atoms with E-state index >= 15 is 0 Å². The number of ether oxygens (including phenoxy) is 1. The second-order valence-corrected chi connectivity index (χ2v) is 4.89. The van der Waals surface area contributed by atoms with Gasteiger partial charge < -0.3 is 15.4 Å². The first-order valence-corrected chi connectivity index (χ1v) is 7.09. The average Bonchev–Trinajstić information content (AvgIpc) is 2.48. The number of carbonyl (C=O) groups is 1. The zero-order chi connectivity index (χ0) is 15.9. The first kappa shape index (κ1) is 15.7. The van der Waals surface area contributed by atoms with E-state index in [0.717, 1.165) is 5.69 Å². The van der Waals surface area contributed by atoms with Crippen molar-refractivity contribution in [3.63, 3.8) is 0 Å². The summed E-state index contributed by atoms with van der Waals surface area (Å²) in [7, 11) is 0. The summed E-state index contributed by atoms with van der Waals surface area (Å²) in [4.78, 5) is 15.9. The second kappa shape index (κ2) is 7.35. The summed E-state index contributed by atoms with van der Waals surface area (Å²) in [6, 6.07) is 7.18. The van der Waals surface area contributed by atoms with E-state index in [9.17, 15) is 4.79 Å². The molecule has 0 fully saturated rings. The number of carbonyl (C=O) groups excluding carboxylic acids is 1. The van der Waals surface area contributed by atoms with Gasteiger partial charge in [0.2, 0.25) is 5.95 Å². The minimum Gasteiger partial charge on any atom is -0.462 e. The lowest BCUT2D eigenvalue weighted by atomic mass is 10.2. The van der Waals surface area contributed by atoms with E-state index < -0.39 is 0 Å². The van der Waals surface area contributed by atoms with Crippen molar-refractivity contribution >= 4 is 23.4 Å². The molecule has 0 radical (unpaired) electrons. The van der Waals surface area contributed by atoms with Crippen LogP contribution in [0.1, 0.15) is 31.1 Å². The number of nitrogens with zero attached hydrogens (tertiary/aromatic N) is 3. The molecule has 2 aromatic rings. The molecule has 0 aliphatic rings. The molecule has 1 aromatic heterocycles. The Labute approximate surface area is 129 Å². The van der Waals surface area contributed by atoms with Gasteiger partial charge in [-0.25, -0.2) is 4.79 Å². The highest BCUT2D eigenvalue weighted by molar-refractivity contribution is 5.89. The van der Waals surface area contributed by atoms with E-state index in [-0.39, 0.29) is 12.0 Å². The Morgan fingerprint density at radius 3 is 2.64 bits per heavy atom. The van der Waals surface area contributed by atoms with E-state index in [0.29, 0.717) is 23.9 Å². The van der Waals surface area contributed by atoms with Gasteiger partial charge in [-0.1, -0.05) is 0 Å². The minimum absolute atomic E-state index is 0.223. The van der Waals surface area contributed by atoms with Crippen molar-refractivity contribution < 1.29 is 9.53 Å². The summed E-state index contributed by atoms with van der Waals surface area (Å²) in [6.45, 7) is 6.13. The standard InChI is InChI=1S/C15H19N5O2/c1-4-22-14(21)11-5-7-12(8-6-11)18-13-9-16-20-15(19-13)17-10(2)3/h5-10H,4H2,1-3H3,(H2,17,18,19,20). The number of rotatable bonds is 6. The van der Waals surface area contributed by atoms with Crippen LogP contribution < -0.4 is 10.6 Å². The number of esters is 1. The molecule has 2 rings (SSSR count). The average molecular weight is 301 g/mol. The van der Waals surface area contributed by atoms with Crippen molar-refractivity contribution in [2.75, 3.05) is 17.2 Å². The Morgan fingerprint density at radius 1 is 1.27 bits per heavy atom. The molecule has 0 saturated heterocycles. The Hall–Kier alpha value is -2.70. The van der Waals surface area contributed by atoms with Crippen molar-refractivity contribution in [2.24, 2.45) is 0 Å². The molecule has 0 amide bonds. The predicted octanol–water partition coefficient (Wildman–Crippen LogP) is 2.61. The van der Waals surface area contributed by atoms with Crippen molar-refractivity contribution in [2.45, 2.75) is 26.8 Å². The zero-order valence-electron chi connectivity index (χ0n) is 12.8. The van der Waals surface area contributed by atoms with Crippen LogP contribution in [0.2, 0.25) is 0 Å². The Bertz CT molecular complexity index is 628. The number of benzene rings is 1. The fourth-order valence-electron chi connectivity index (χ4n) is 1.74. The van der Waals surface area contributed by atoms with Crippen molar-refractivity contribution in [1.82, 2.24) is 15.2 Å². The van der Waals surface area contributed by atoms with Gasteiger partial charge in [0, 0.05) is 11.7 Å². The van der Waals surface area contributed by atoms with Crippen LogP contribution in [0.3, 0.4) is 0 Å². The molecule has 1 heterocycles. The Balaban J connectivity index is 2.06. The predicted molar refractivity (Wildman–Crippen MR) is 84.3 cm³/mol. The lowest BCUT2D eigenvalue weighted by Gasteiger charge is -2.09. The SMILES string of the molecule is CCOC(=O)c1ccc(Nc2cnnc(NC(C)C)n2)cc1. The topological polar surface area (TPSA) is 89.0 Å². The van der Waals surface area contributed by atoms with Gasteiger partial charge in [0.1, 0.15) is 0 Å². The van der Waals surface area contributed by atoms with Crippen LogP contribution in [-0.2, 0) is 4.74 Å². The Kier molecular flexibility index (Phi) is 5.24. The molecule has 0 aliphatic carbocycles. The molecule has 0 saturated carbocycles. The van der Waals surface area contributed by atoms with Gasteiger partial charge >= 0.3 is 5.97 Å². The van der Waals surface area contributed by atoms with Crippen molar-refractivity contribution in [3.05, 3.63) is 36.0 Å². The maximum absolute atomic E-state index is 11.6. The lowest BCUT2D eigenvalue weighted by Crippen LogP contribution is -2.13. The maximum atomic E-state index is 11.6. The number of nitrogens with one attached hydrogen (secondary N) is 2. The van der Waals surface area contributed by atoms with Crippen LogP contribution in [-0.4, -0.2) is 33.8 Å². The summed E-state index contributed by atoms with van der Waals surface area (Å²) in [5, 5.41) is 14.0. The summed E-state index contributed by atoms with van der Waals surface area (Å²) in [5.41, 5.74) is 1.31.